The maximum atomic E-state index is 6.38. The van der Waals surface area contributed by atoms with E-state index in [1.165, 1.54) is 10.8 Å². The second kappa shape index (κ2) is 10.6. The number of rotatable bonds is 3. The van der Waals surface area contributed by atoms with Crippen molar-refractivity contribution in [3.05, 3.63) is 164 Å². The molecule has 12 rings (SSSR count). The fourth-order valence-corrected chi connectivity index (χ4v) is 8.37. The molecule has 0 fully saturated rings. The van der Waals surface area contributed by atoms with Crippen molar-refractivity contribution in [1.82, 2.24) is 23.9 Å². The summed E-state index contributed by atoms with van der Waals surface area (Å²) in [6, 6.07) is 57.0. The van der Waals surface area contributed by atoms with Crippen LogP contribution in [0.5, 0.6) is 0 Å². The zero-order valence-corrected chi connectivity index (χ0v) is 28.2. The molecule has 0 saturated carbocycles. The largest absolute Gasteiger partial charge is 0.455 e. The van der Waals surface area contributed by atoms with E-state index in [4.69, 9.17) is 19.4 Å². The van der Waals surface area contributed by atoms with E-state index in [0.717, 1.165) is 93.8 Å². The van der Waals surface area contributed by atoms with Crippen LogP contribution in [0.15, 0.2) is 168 Å². The van der Waals surface area contributed by atoms with Crippen LogP contribution in [0.3, 0.4) is 0 Å². The monoisotopic (exact) mass is 677 g/mol. The second-order valence-corrected chi connectivity index (χ2v) is 13.6. The lowest BCUT2D eigenvalue weighted by Gasteiger charge is -2.13. The summed E-state index contributed by atoms with van der Waals surface area (Å²) in [6.45, 7) is 0. The minimum atomic E-state index is 0.597. The van der Waals surface area contributed by atoms with Gasteiger partial charge in [-0.05, 0) is 35.2 Å². The Morgan fingerprint density at radius 2 is 1.08 bits per heavy atom. The van der Waals surface area contributed by atoms with Gasteiger partial charge in [0.1, 0.15) is 22.3 Å². The summed E-state index contributed by atoms with van der Waals surface area (Å²) in [5.74, 6) is 0.597. The van der Waals surface area contributed by atoms with E-state index in [-0.39, 0.29) is 0 Å². The van der Waals surface area contributed by atoms with E-state index in [1.54, 1.807) is 0 Å². The minimum absolute atomic E-state index is 0.597. The van der Waals surface area contributed by atoms with Gasteiger partial charge in [0.05, 0.1) is 22.2 Å². The first-order chi connectivity index (χ1) is 26.3. The highest BCUT2D eigenvalue weighted by Gasteiger charge is 2.23. The normalized spacial score (nSPS) is 12.2. The Morgan fingerprint density at radius 3 is 1.92 bits per heavy atom. The van der Waals surface area contributed by atoms with Gasteiger partial charge in [-0.3, -0.25) is 8.97 Å². The highest BCUT2D eigenvalue weighted by Crippen LogP contribution is 2.39. The molecule has 53 heavy (non-hydrogen) atoms. The fourth-order valence-electron chi connectivity index (χ4n) is 8.37. The maximum absolute atomic E-state index is 6.38. The molecule has 5 heterocycles. The number of benzene rings is 7. The van der Waals surface area contributed by atoms with Gasteiger partial charge in [-0.15, -0.1) is 0 Å². The molecule has 0 saturated heterocycles. The molecule has 0 radical (unpaired) electrons. The number of hydrogen-bond acceptors (Lipinski definition) is 4. The lowest BCUT2D eigenvalue weighted by molar-refractivity contribution is 0.670. The molecule has 0 spiro atoms. The van der Waals surface area contributed by atoms with Crippen LogP contribution in [0.2, 0.25) is 0 Å². The van der Waals surface area contributed by atoms with E-state index >= 15 is 0 Å². The number of aromatic nitrogens is 5. The molecular weight excluding hydrogens is 651 g/mol. The number of imidazole rings is 1. The molecule has 0 aliphatic rings. The number of fused-ring (bicyclic) bond motifs is 14. The van der Waals surface area contributed by atoms with Crippen LogP contribution in [0, 0.1) is 0 Å². The van der Waals surface area contributed by atoms with E-state index in [0.29, 0.717) is 5.95 Å². The van der Waals surface area contributed by atoms with Crippen molar-refractivity contribution < 1.29 is 4.42 Å². The highest BCUT2D eigenvalue weighted by atomic mass is 16.3. The SMILES string of the molecule is c1ccc2c(-c3ccc(-c4cccc5c4oc4ccccc45)cc3)nc(-n3c4ccccc4c4nc5c6ccccc6c6ccccc6n5c43)nc2c1. The zero-order chi connectivity index (χ0) is 34.6. The van der Waals surface area contributed by atoms with Crippen LogP contribution < -0.4 is 0 Å². The summed E-state index contributed by atoms with van der Waals surface area (Å²) < 4.78 is 10.9. The molecule has 0 aliphatic heterocycles. The van der Waals surface area contributed by atoms with E-state index < -0.39 is 0 Å². The van der Waals surface area contributed by atoms with Crippen LogP contribution in [-0.4, -0.2) is 23.9 Å². The van der Waals surface area contributed by atoms with E-state index in [1.807, 2.05) is 18.2 Å². The van der Waals surface area contributed by atoms with Crippen molar-refractivity contribution in [3.8, 4) is 28.3 Å². The summed E-state index contributed by atoms with van der Waals surface area (Å²) in [6.07, 6.45) is 0. The number of hydrogen-bond donors (Lipinski definition) is 0. The quantitative estimate of drug-likeness (QED) is 0.175. The van der Waals surface area contributed by atoms with Crippen molar-refractivity contribution in [2.24, 2.45) is 0 Å². The van der Waals surface area contributed by atoms with Gasteiger partial charge in [0, 0.05) is 43.4 Å². The highest BCUT2D eigenvalue weighted by molar-refractivity contribution is 6.17. The lowest BCUT2D eigenvalue weighted by atomic mass is 9.99. The first-order valence-corrected chi connectivity index (χ1v) is 17.8. The maximum Gasteiger partial charge on any atom is 0.237 e. The topological polar surface area (TPSA) is 61.2 Å². The number of pyridine rings is 1. The Hall–Kier alpha value is -7.31. The van der Waals surface area contributed by atoms with Gasteiger partial charge < -0.3 is 4.42 Å². The smallest absolute Gasteiger partial charge is 0.237 e. The minimum Gasteiger partial charge on any atom is -0.455 e. The van der Waals surface area contributed by atoms with Crippen molar-refractivity contribution in [2.45, 2.75) is 0 Å². The molecule has 12 aromatic rings. The van der Waals surface area contributed by atoms with Crippen LogP contribution in [0.25, 0.3) is 111 Å². The Bertz CT molecular complexity index is 3460. The van der Waals surface area contributed by atoms with Gasteiger partial charge >= 0.3 is 0 Å². The molecule has 7 aromatic carbocycles. The zero-order valence-electron chi connectivity index (χ0n) is 28.2. The molecule has 246 valence electrons. The summed E-state index contributed by atoms with van der Waals surface area (Å²) in [5.41, 5.74) is 11.6. The molecule has 0 unspecified atom stereocenters. The van der Waals surface area contributed by atoms with E-state index in [9.17, 15) is 0 Å². The van der Waals surface area contributed by atoms with Crippen molar-refractivity contribution in [2.75, 3.05) is 0 Å². The van der Waals surface area contributed by atoms with Gasteiger partial charge in [0.25, 0.3) is 0 Å². The Morgan fingerprint density at radius 1 is 0.434 bits per heavy atom. The number of nitrogens with zero attached hydrogens (tertiary/aromatic N) is 5. The fraction of sp³-hybridized carbons (Fsp3) is 0. The van der Waals surface area contributed by atoms with Crippen LogP contribution in [-0.2, 0) is 0 Å². The first-order valence-electron chi connectivity index (χ1n) is 17.8. The summed E-state index contributed by atoms with van der Waals surface area (Å²) in [4.78, 5) is 16.0. The first kappa shape index (κ1) is 28.4. The van der Waals surface area contributed by atoms with Crippen molar-refractivity contribution in [1.29, 1.82) is 0 Å². The van der Waals surface area contributed by atoms with Gasteiger partial charge in [0.2, 0.25) is 5.95 Å². The standard InChI is InChI=1S/C47H27N5O/c1-2-15-35-31(12-1)32-13-4-8-21-39(32)51-45(35)49-43-37-17-5-9-22-40(37)52(46(43)51)47-48-38-20-7-3-16-36(38)42(50-47)29-26-24-28(25-27-29)30-18-11-19-34-33-14-6-10-23-41(33)53-44(30)34/h1-27H. The Kier molecular flexibility index (Phi) is 5.68. The van der Waals surface area contributed by atoms with Crippen molar-refractivity contribution in [3.63, 3.8) is 0 Å². The number of furan rings is 1. The second-order valence-electron chi connectivity index (χ2n) is 13.6. The van der Waals surface area contributed by atoms with Crippen LogP contribution in [0.4, 0.5) is 0 Å². The van der Waals surface area contributed by atoms with E-state index in [2.05, 4.69) is 155 Å². The molecule has 0 aliphatic carbocycles. The third-order valence-corrected chi connectivity index (χ3v) is 10.7. The van der Waals surface area contributed by atoms with Gasteiger partial charge in [-0.2, -0.15) is 0 Å². The van der Waals surface area contributed by atoms with Gasteiger partial charge in [-0.25, -0.2) is 15.0 Å². The molecular formula is C47H27N5O. The average Bonchev–Trinajstić information content (AvgIpc) is 3.90. The Balaban J connectivity index is 1.11. The molecule has 0 bridgehead atoms. The van der Waals surface area contributed by atoms with Crippen LogP contribution >= 0.6 is 0 Å². The summed E-state index contributed by atoms with van der Waals surface area (Å²) in [5, 5.41) is 7.75. The van der Waals surface area contributed by atoms with Crippen molar-refractivity contribution >= 4 is 82.2 Å². The predicted octanol–water partition coefficient (Wildman–Crippen LogP) is 11.9. The van der Waals surface area contributed by atoms with Gasteiger partial charge in [-0.1, -0.05) is 140 Å². The average molecular weight is 678 g/mol. The van der Waals surface area contributed by atoms with Crippen LogP contribution in [0.1, 0.15) is 0 Å². The molecule has 5 aromatic heterocycles. The Labute approximate surface area is 301 Å². The summed E-state index contributed by atoms with van der Waals surface area (Å²) in [7, 11) is 0. The van der Waals surface area contributed by atoms with Gasteiger partial charge in [0.15, 0.2) is 5.65 Å². The molecule has 6 heteroatoms. The third-order valence-electron chi connectivity index (χ3n) is 10.7. The number of para-hydroxylation sites is 5. The molecule has 0 atom stereocenters. The molecule has 0 amide bonds. The third kappa shape index (κ3) is 3.94. The summed E-state index contributed by atoms with van der Waals surface area (Å²) >= 11 is 0. The lowest BCUT2D eigenvalue weighted by Crippen LogP contribution is -2.05. The molecule has 6 nitrogen and oxygen atoms in total. The molecule has 0 N–H and O–H groups in total. The predicted molar refractivity (Wildman–Crippen MR) is 216 cm³/mol.